The monoisotopic (exact) mass is 360 g/mol. The second kappa shape index (κ2) is 6.77. The zero-order chi connectivity index (χ0) is 18.1. The van der Waals surface area contributed by atoms with Gasteiger partial charge in [-0.1, -0.05) is 53.6 Å². The molecule has 0 fully saturated rings. The van der Waals surface area contributed by atoms with Gasteiger partial charge in [0.15, 0.2) is 0 Å². The number of anilines is 1. The van der Waals surface area contributed by atoms with E-state index in [9.17, 15) is 4.79 Å². The molecule has 1 heterocycles. The Bertz CT molecular complexity index is 991. The van der Waals surface area contributed by atoms with Gasteiger partial charge >= 0.3 is 0 Å². The van der Waals surface area contributed by atoms with Crippen LogP contribution in [0.1, 0.15) is 21.5 Å². The van der Waals surface area contributed by atoms with Gasteiger partial charge in [-0.25, -0.2) is 0 Å². The summed E-state index contributed by atoms with van der Waals surface area (Å²) in [5.41, 5.74) is 5.10. The first-order chi connectivity index (χ1) is 12.6. The molecule has 0 atom stereocenters. The molecule has 0 aliphatic carbocycles. The molecular formula is C22H17ClN2O. The Morgan fingerprint density at radius 2 is 1.62 bits per heavy atom. The molecule has 128 valence electrons. The molecule has 0 N–H and O–H groups in total. The van der Waals surface area contributed by atoms with Crippen LogP contribution in [0.5, 0.6) is 0 Å². The topological polar surface area (TPSA) is 32.7 Å². The molecule has 0 bridgehead atoms. The SMILES string of the molecule is Cc1ccc(N2CC(c3ccc(Cl)cc3)=Nc3ccccc3C2=O)cc1. The van der Waals surface area contributed by atoms with Crippen molar-refractivity contribution in [3.8, 4) is 0 Å². The van der Waals surface area contributed by atoms with Crippen LogP contribution < -0.4 is 4.90 Å². The van der Waals surface area contributed by atoms with Crippen LogP contribution in [0.2, 0.25) is 5.02 Å². The molecule has 4 heteroatoms. The van der Waals surface area contributed by atoms with E-state index in [0.717, 1.165) is 22.5 Å². The molecule has 1 aliphatic heterocycles. The minimum Gasteiger partial charge on any atom is -0.302 e. The Morgan fingerprint density at radius 3 is 2.35 bits per heavy atom. The number of amides is 1. The van der Waals surface area contributed by atoms with Crippen LogP contribution in [0.3, 0.4) is 0 Å². The van der Waals surface area contributed by atoms with E-state index in [4.69, 9.17) is 16.6 Å². The molecule has 0 spiro atoms. The smallest absolute Gasteiger partial charge is 0.260 e. The largest absolute Gasteiger partial charge is 0.302 e. The molecule has 3 aromatic rings. The number of hydrogen-bond donors (Lipinski definition) is 0. The lowest BCUT2D eigenvalue weighted by Gasteiger charge is -2.22. The van der Waals surface area contributed by atoms with Crippen molar-refractivity contribution in [1.82, 2.24) is 0 Å². The highest BCUT2D eigenvalue weighted by atomic mass is 35.5. The first-order valence-electron chi connectivity index (χ1n) is 8.43. The zero-order valence-corrected chi connectivity index (χ0v) is 15.1. The van der Waals surface area contributed by atoms with Crippen molar-refractivity contribution >= 4 is 34.6 Å². The molecule has 1 aliphatic rings. The third-order valence-electron chi connectivity index (χ3n) is 4.47. The Morgan fingerprint density at radius 1 is 0.923 bits per heavy atom. The van der Waals surface area contributed by atoms with Gasteiger partial charge in [0.05, 0.1) is 23.5 Å². The van der Waals surface area contributed by atoms with E-state index in [0.29, 0.717) is 22.8 Å². The molecule has 0 saturated carbocycles. The van der Waals surface area contributed by atoms with Crippen molar-refractivity contribution in [3.63, 3.8) is 0 Å². The Labute approximate surface area is 157 Å². The Balaban J connectivity index is 1.84. The number of hydrogen-bond acceptors (Lipinski definition) is 2. The molecule has 26 heavy (non-hydrogen) atoms. The zero-order valence-electron chi connectivity index (χ0n) is 14.3. The molecule has 0 radical (unpaired) electrons. The quantitative estimate of drug-likeness (QED) is 0.599. The number of halogens is 1. The number of aryl methyl sites for hydroxylation is 1. The summed E-state index contributed by atoms with van der Waals surface area (Å²) in [5.74, 6) is -0.0443. The molecule has 3 nitrogen and oxygen atoms in total. The summed E-state index contributed by atoms with van der Waals surface area (Å²) < 4.78 is 0. The third-order valence-corrected chi connectivity index (χ3v) is 4.72. The summed E-state index contributed by atoms with van der Waals surface area (Å²) in [5, 5.41) is 0.676. The van der Waals surface area contributed by atoms with Crippen molar-refractivity contribution in [1.29, 1.82) is 0 Å². The van der Waals surface area contributed by atoms with Gasteiger partial charge in [0.2, 0.25) is 0 Å². The number of fused-ring (bicyclic) bond motifs is 1. The number of carbonyl (C=O) groups is 1. The van der Waals surface area contributed by atoms with Gasteiger partial charge < -0.3 is 4.90 Å². The van der Waals surface area contributed by atoms with Crippen molar-refractivity contribution in [3.05, 3.63) is 94.5 Å². The van der Waals surface area contributed by atoms with Gasteiger partial charge in [-0.3, -0.25) is 9.79 Å². The first kappa shape index (κ1) is 16.6. The Hall–Kier alpha value is -2.91. The van der Waals surface area contributed by atoms with Gasteiger partial charge in [0, 0.05) is 10.7 Å². The van der Waals surface area contributed by atoms with E-state index >= 15 is 0 Å². The number of benzene rings is 3. The van der Waals surface area contributed by atoms with E-state index in [2.05, 4.69) is 0 Å². The second-order valence-corrected chi connectivity index (χ2v) is 6.75. The molecule has 0 saturated heterocycles. The maximum Gasteiger partial charge on any atom is 0.260 e. The van der Waals surface area contributed by atoms with Crippen molar-refractivity contribution in [2.75, 3.05) is 11.4 Å². The van der Waals surface area contributed by atoms with Gasteiger partial charge in [0.1, 0.15) is 0 Å². The average Bonchev–Trinajstić information content (AvgIpc) is 2.80. The summed E-state index contributed by atoms with van der Waals surface area (Å²) in [6.07, 6.45) is 0. The average molecular weight is 361 g/mol. The second-order valence-electron chi connectivity index (χ2n) is 6.31. The lowest BCUT2D eigenvalue weighted by molar-refractivity contribution is 0.0992. The van der Waals surface area contributed by atoms with Crippen molar-refractivity contribution < 1.29 is 4.79 Å². The minimum absolute atomic E-state index is 0.0443. The minimum atomic E-state index is -0.0443. The van der Waals surface area contributed by atoms with Gasteiger partial charge in [-0.05, 0) is 48.9 Å². The number of carbonyl (C=O) groups excluding carboxylic acids is 1. The van der Waals surface area contributed by atoms with Crippen LogP contribution >= 0.6 is 11.6 Å². The van der Waals surface area contributed by atoms with Gasteiger partial charge in [-0.15, -0.1) is 0 Å². The van der Waals surface area contributed by atoms with E-state index in [-0.39, 0.29) is 5.91 Å². The van der Waals surface area contributed by atoms with Crippen LogP contribution in [0.4, 0.5) is 11.4 Å². The molecular weight excluding hydrogens is 344 g/mol. The number of nitrogens with zero attached hydrogens (tertiary/aromatic N) is 2. The predicted octanol–water partition coefficient (Wildman–Crippen LogP) is 5.43. The molecule has 4 rings (SSSR count). The predicted molar refractivity (Wildman–Crippen MR) is 107 cm³/mol. The normalized spacial score (nSPS) is 13.8. The highest BCUT2D eigenvalue weighted by Crippen LogP contribution is 2.28. The number of aliphatic imine (C=N–C) groups is 1. The van der Waals surface area contributed by atoms with Crippen LogP contribution in [0.15, 0.2) is 77.8 Å². The molecule has 3 aromatic carbocycles. The van der Waals surface area contributed by atoms with E-state index in [1.165, 1.54) is 0 Å². The van der Waals surface area contributed by atoms with E-state index in [1.54, 1.807) is 4.90 Å². The lowest BCUT2D eigenvalue weighted by Crippen LogP contribution is -2.34. The van der Waals surface area contributed by atoms with E-state index in [1.807, 2.05) is 79.7 Å². The highest BCUT2D eigenvalue weighted by Gasteiger charge is 2.25. The maximum absolute atomic E-state index is 13.2. The number of para-hydroxylation sites is 1. The number of rotatable bonds is 2. The third kappa shape index (κ3) is 3.14. The van der Waals surface area contributed by atoms with E-state index < -0.39 is 0 Å². The molecule has 0 aromatic heterocycles. The molecule has 1 amide bonds. The summed E-state index contributed by atoms with van der Waals surface area (Å²) in [4.78, 5) is 19.8. The van der Waals surface area contributed by atoms with Crippen molar-refractivity contribution in [2.45, 2.75) is 6.92 Å². The fourth-order valence-corrected chi connectivity index (χ4v) is 3.16. The lowest BCUT2D eigenvalue weighted by atomic mass is 10.1. The fraction of sp³-hybridized carbons (Fsp3) is 0.0909. The van der Waals surface area contributed by atoms with Gasteiger partial charge in [-0.2, -0.15) is 0 Å². The van der Waals surface area contributed by atoms with Crippen LogP contribution in [-0.4, -0.2) is 18.2 Å². The summed E-state index contributed by atoms with van der Waals surface area (Å²) in [6.45, 7) is 2.43. The maximum atomic E-state index is 13.2. The Kier molecular flexibility index (Phi) is 4.31. The van der Waals surface area contributed by atoms with Crippen LogP contribution in [-0.2, 0) is 0 Å². The first-order valence-corrected chi connectivity index (χ1v) is 8.81. The summed E-state index contributed by atoms with van der Waals surface area (Å²) >= 11 is 6.02. The van der Waals surface area contributed by atoms with Crippen LogP contribution in [0, 0.1) is 6.92 Å². The van der Waals surface area contributed by atoms with Crippen LogP contribution in [0.25, 0.3) is 0 Å². The standard InChI is InChI=1S/C22H17ClN2O/c1-15-6-12-18(13-7-15)25-14-21(16-8-10-17(23)11-9-16)24-20-5-3-2-4-19(20)22(25)26/h2-13H,14H2,1H3. The summed E-state index contributed by atoms with van der Waals surface area (Å²) in [6, 6.07) is 23.0. The summed E-state index contributed by atoms with van der Waals surface area (Å²) in [7, 11) is 0. The van der Waals surface area contributed by atoms with Crippen molar-refractivity contribution in [2.24, 2.45) is 4.99 Å². The molecule has 0 unspecified atom stereocenters. The highest BCUT2D eigenvalue weighted by molar-refractivity contribution is 6.30. The fourth-order valence-electron chi connectivity index (χ4n) is 3.03. The van der Waals surface area contributed by atoms with Gasteiger partial charge in [0.25, 0.3) is 5.91 Å².